The van der Waals surface area contributed by atoms with E-state index in [1.54, 1.807) is 12.1 Å². The largest absolute Gasteiger partial charge is 0.416 e. The summed E-state index contributed by atoms with van der Waals surface area (Å²) in [7, 11) is 0. The number of nitrogens with two attached hydrogens (primary N) is 1. The van der Waals surface area contributed by atoms with Crippen molar-refractivity contribution in [3.05, 3.63) is 53.5 Å². The number of aromatic nitrogens is 2. The van der Waals surface area contributed by atoms with Crippen LogP contribution in [0, 0.1) is 0 Å². The van der Waals surface area contributed by atoms with Crippen molar-refractivity contribution in [3.63, 3.8) is 0 Å². The van der Waals surface area contributed by atoms with Crippen molar-refractivity contribution in [3.8, 4) is 0 Å². The molecule has 3 nitrogen and oxygen atoms in total. The zero-order valence-corrected chi connectivity index (χ0v) is 9.28. The average Bonchev–Trinajstić information content (AvgIpc) is 2.28. The fourth-order valence-electron chi connectivity index (χ4n) is 1.67. The summed E-state index contributed by atoms with van der Waals surface area (Å²) in [5.41, 5.74) is 5.60. The molecule has 2 aromatic rings. The lowest BCUT2D eigenvalue weighted by atomic mass is 10.0. The number of hydrogen-bond acceptors (Lipinski definition) is 3. The first-order valence-electron chi connectivity index (χ1n) is 5.17. The quantitative estimate of drug-likeness (QED) is 0.895. The van der Waals surface area contributed by atoms with Crippen molar-refractivity contribution in [1.29, 1.82) is 0 Å². The van der Waals surface area contributed by atoms with Gasteiger partial charge in [0.25, 0.3) is 0 Å². The summed E-state index contributed by atoms with van der Waals surface area (Å²) in [6.07, 6.45) is -0.437. The molecular formula is C12H10F3N3. The molecule has 0 aliphatic heterocycles. The third-order valence-electron chi connectivity index (χ3n) is 2.45. The second kappa shape index (κ2) is 4.64. The highest BCUT2D eigenvalue weighted by Gasteiger charge is 2.33. The first-order valence-corrected chi connectivity index (χ1v) is 5.17. The van der Waals surface area contributed by atoms with E-state index >= 15 is 0 Å². The molecule has 0 fully saturated rings. The van der Waals surface area contributed by atoms with Gasteiger partial charge in [0.2, 0.25) is 0 Å². The van der Waals surface area contributed by atoms with E-state index in [9.17, 15) is 13.2 Å². The molecule has 0 saturated carbocycles. The molecular weight excluding hydrogens is 243 g/mol. The Balaban J connectivity index is 2.35. The van der Waals surface area contributed by atoms with Crippen LogP contribution in [0.4, 0.5) is 19.0 Å². The standard InChI is InChI=1S/C12H10F3N3/c13-12(14,15)10-2-3-17-7-9(10)5-8-1-4-18-11(16)6-8/h1-4,6-7H,5H2,(H2,16,18). The molecule has 0 amide bonds. The molecule has 0 aliphatic carbocycles. The predicted octanol–water partition coefficient (Wildman–Crippen LogP) is 2.67. The molecule has 0 unspecified atom stereocenters. The van der Waals surface area contributed by atoms with E-state index in [4.69, 9.17) is 5.73 Å². The molecule has 6 heteroatoms. The Morgan fingerprint density at radius 3 is 2.61 bits per heavy atom. The summed E-state index contributed by atoms with van der Waals surface area (Å²) in [5, 5.41) is 0. The van der Waals surface area contributed by atoms with Gasteiger partial charge in [-0.05, 0) is 35.7 Å². The Labute approximate surface area is 101 Å². The Bertz CT molecular complexity index is 552. The molecule has 0 spiro atoms. The van der Waals surface area contributed by atoms with E-state index in [-0.39, 0.29) is 17.8 Å². The molecule has 0 atom stereocenters. The fourth-order valence-corrected chi connectivity index (χ4v) is 1.67. The fraction of sp³-hybridized carbons (Fsp3) is 0.167. The predicted molar refractivity (Wildman–Crippen MR) is 60.7 cm³/mol. The van der Waals surface area contributed by atoms with Crippen molar-refractivity contribution >= 4 is 5.82 Å². The van der Waals surface area contributed by atoms with Crippen molar-refractivity contribution in [2.75, 3.05) is 5.73 Å². The molecule has 2 heterocycles. The van der Waals surface area contributed by atoms with Crippen LogP contribution in [0.2, 0.25) is 0 Å². The van der Waals surface area contributed by atoms with Gasteiger partial charge in [0, 0.05) is 18.6 Å². The number of alkyl halides is 3. The summed E-state index contributed by atoms with van der Waals surface area (Å²) in [4.78, 5) is 7.52. The van der Waals surface area contributed by atoms with Crippen molar-refractivity contribution in [2.24, 2.45) is 0 Å². The van der Waals surface area contributed by atoms with Gasteiger partial charge in [0.15, 0.2) is 0 Å². The van der Waals surface area contributed by atoms with Gasteiger partial charge >= 0.3 is 6.18 Å². The summed E-state index contributed by atoms with van der Waals surface area (Å²) >= 11 is 0. The Hall–Kier alpha value is -2.11. The minimum Gasteiger partial charge on any atom is -0.384 e. The molecule has 2 aromatic heterocycles. The van der Waals surface area contributed by atoms with Crippen LogP contribution in [0.1, 0.15) is 16.7 Å². The summed E-state index contributed by atoms with van der Waals surface area (Å²) in [6, 6.07) is 4.15. The maximum Gasteiger partial charge on any atom is 0.416 e. The number of anilines is 1. The molecule has 0 radical (unpaired) electrons. The van der Waals surface area contributed by atoms with Crippen LogP contribution in [0.5, 0.6) is 0 Å². The van der Waals surface area contributed by atoms with E-state index in [1.165, 1.54) is 12.4 Å². The van der Waals surface area contributed by atoms with E-state index in [1.807, 2.05) is 0 Å². The number of rotatable bonds is 2. The van der Waals surface area contributed by atoms with Crippen molar-refractivity contribution in [1.82, 2.24) is 9.97 Å². The van der Waals surface area contributed by atoms with E-state index in [0.717, 1.165) is 12.3 Å². The molecule has 0 bridgehead atoms. The van der Waals surface area contributed by atoms with Gasteiger partial charge < -0.3 is 5.73 Å². The lowest BCUT2D eigenvalue weighted by molar-refractivity contribution is -0.138. The highest BCUT2D eigenvalue weighted by molar-refractivity contribution is 5.37. The highest BCUT2D eigenvalue weighted by Crippen LogP contribution is 2.32. The van der Waals surface area contributed by atoms with Gasteiger partial charge in [-0.3, -0.25) is 4.98 Å². The van der Waals surface area contributed by atoms with E-state index in [0.29, 0.717) is 5.56 Å². The maximum atomic E-state index is 12.8. The van der Waals surface area contributed by atoms with Gasteiger partial charge in [0.1, 0.15) is 5.82 Å². The van der Waals surface area contributed by atoms with Gasteiger partial charge in [-0.25, -0.2) is 4.98 Å². The van der Waals surface area contributed by atoms with Gasteiger partial charge in [-0.15, -0.1) is 0 Å². The number of hydrogen-bond donors (Lipinski definition) is 1. The molecule has 0 aromatic carbocycles. The third-order valence-corrected chi connectivity index (χ3v) is 2.45. The molecule has 2 N–H and O–H groups in total. The van der Waals surface area contributed by atoms with Crippen LogP contribution < -0.4 is 5.73 Å². The highest BCUT2D eigenvalue weighted by atomic mass is 19.4. The zero-order valence-electron chi connectivity index (χ0n) is 9.28. The van der Waals surface area contributed by atoms with E-state index < -0.39 is 11.7 Å². The molecule has 2 rings (SSSR count). The van der Waals surface area contributed by atoms with E-state index in [2.05, 4.69) is 9.97 Å². The molecule has 18 heavy (non-hydrogen) atoms. The number of nitrogen functional groups attached to an aromatic ring is 1. The lowest BCUT2D eigenvalue weighted by Gasteiger charge is -2.12. The maximum absolute atomic E-state index is 12.8. The number of halogens is 3. The molecule has 0 saturated heterocycles. The first kappa shape index (κ1) is 12.3. The van der Waals surface area contributed by atoms with Crippen molar-refractivity contribution < 1.29 is 13.2 Å². The lowest BCUT2D eigenvalue weighted by Crippen LogP contribution is -2.10. The summed E-state index contributed by atoms with van der Waals surface area (Å²) in [6.45, 7) is 0. The van der Waals surface area contributed by atoms with Crippen LogP contribution in [0.3, 0.4) is 0 Å². The van der Waals surface area contributed by atoms with Crippen LogP contribution in [-0.2, 0) is 12.6 Å². The summed E-state index contributed by atoms with van der Waals surface area (Å²) in [5.74, 6) is 0.282. The van der Waals surface area contributed by atoms with Gasteiger partial charge in [-0.1, -0.05) is 0 Å². The van der Waals surface area contributed by atoms with Gasteiger partial charge in [0.05, 0.1) is 5.56 Å². The van der Waals surface area contributed by atoms with Crippen LogP contribution in [0.15, 0.2) is 36.8 Å². The SMILES string of the molecule is Nc1cc(Cc2cnccc2C(F)(F)F)ccn1. The Morgan fingerprint density at radius 1 is 1.17 bits per heavy atom. The zero-order chi connectivity index (χ0) is 13.2. The summed E-state index contributed by atoms with van der Waals surface area (Å²) < 4.78 is 38.3. The topological polar surface area (TPSA) is 51.8 Å². The number of nitrogens with zero attached hydrogens (tertiary/aromatic N) is 2. The smallest absolute Gasteiger partial charge is 0.384 e. The molecule has 0 aliphatic rings. The van der Waals surface area contributed by atoms with Crippen LogP contribution >= 0.6 is 0 Å². The second-order valence-corrected chi connectivity index (χ2v) is 3.80. The normalized spacial score (nSPS) is 11.5. The minimum atomic E-state index is -4.38. The Morgan fingerprint density at radius 2 is 1.94 bits per heavy atom. The van der Waals surface area contributed by atoms with Gasteiger partial charge in [-0.2, -0.15) is 13.2 Å². The molecule has 94 valence electrons. The first-order chi connectivity index (χ1) is 8.47. The number of pyridine rings is 2. The minimum absolute atomic E-state index is 0.120. The van der Waals surface area contributed by atoms with Crippen molar-refractivity contribution in [2.45, 2.75) is 12.6 Å². The average molecular weight is 253 g/mol. The van der Waals surface area contributed by atoms with Crippen LogP contribution in [0.25, 0.3) is 0 Å². The second-order valence-electron chi connectivity index (χ2n) is 3.80. The monoisotopic (exact) mass is 253 g/mol. The van der Waals surface area contributed by atoms with Crippen LogP contribution in [-0.4, -0.2) is 9.97 Å². The third kappa shape index (κ3) is 2.77. The Kier molecular flexibility index (Phi) is 3.18.